The van der Waals surface area contributed by atoms with Crippen molar-refractivity contribution in [3.63, 3.8) is 0 Å². The summed E-state index contributed by atoms with van der Waals surface area (Å²) in [6, 6.07) is 0. The van der Waals surface area contributed by atoms with Crippen LogP contribution in [0.15, 0.2) is 12.7 Å². The Balaban J connectivity index is 0. The highest BCUT2D eigenvalue weighted by atomic mass is 31.2. The molecule has 0 atom stereocenters. The van der Waals surface area contributed by atoms with Crippen molar-refractivity contribution in [2.75, 3.05) is 6.54 Å². The second kappa shape index (κ2) is 6.92. The maximum Gasteiger partial charge on any atom is 0.466 e. The molecule has 0 aliphatic rings. The second-order valence-electron chi connectivity index (χ2n) is 1.38. The Bertz CT molecular complexity index is 112. The van der Waals surface area contributed by atoms with Crippen molar-refractivity contribution in [2.24, 2.45) is 5.73 Å². The highest BCUT2D eigenvalue weighted by Gasteiger charge is 2.00. The van der Waals surface area contributed by atoms with Gasteiger partial charge in [0.2, 0.25) is 0 Å². The normalized spacial score (nSPS) is 9.60. The molecule has 6 heteroatoms. The molecule has 10 heavy (non-hydrogen) atoms. The molecule has 0 aromatic carbocycles. The van der Waals surface area contributed by atoms with Gasteiger partial charge in [0.1, 0.15) is 0 Å². The fourth-order valence-corrected chi connectivity index (χ4v) is 0.118. The van der Waals surface area contributed by atoms with Crippen molar-refractivity contribution in [1.82, 2.24) is 0 Å². The van der Waals surface area contributed by atoms with Gasteiger partial charge in [-0.3, -0.25) is 0 Å². The van der Waals surface area contributed by atoms with Gasteiger partial charge in [-0.25, -0.2) is 4.57 Å². The lowest BCUT2D eigenvalue weighted by Crippen LogP contribution is -1.94. The van der Waals surface area contributed by atoms with Crippen LogP contribution in [-0.4, -0.2) is 21.2 Å². The molecule has 0 aliphatic carbocycles. The van der Waals surface area contributed by atoms with Crippen LogP contribution in [0.3, 0.4) is 0 Å². The quantitative estimate of drug-likeness (QED) is 0.332. The molecule has 0 heterocycles. The third kappa shape index (κ3) is 111. The fourth-order valence-electron chi connectivity index (χ4n) is 0.118. The van der Waals surface area contributed by atoms with Crippen LogP contribution in [0, 0.1) is 0 Å². The Morgan fingerprint density at radius 2 is 1.80 bits per heavy atom. The predicted octanol–water partition coefficient (Wildman–Crippen LogP) is -0.407. The van der Waals surface area contributed by atoms with Gasteiger partial charge in [0.05, 0.1) is 0 Å². The molecular weight excluding hydrogens is 157 g/mol. The molecule has 0 aromatic rings. The van der Waals surface area contributed by atoms with E-state index in [4.69, 9.17) is 25.0 Å². The fraction of sp³-hybridized carbons (Fsp3) is 0.500. The molecule has 0 rings (SSSR count). The molecule has 0 fully saturated rings. The summed E-state index contributed by atoms with van der Waals surface area (Å²) in [5.74, 6) is 0. The van der Waals surface area contributed by atoms with E-state index in [0.717, 1.165) is 13.0 Å². The summed E-state index contributed by atoms with van der Waals surface area (Å²) in [7, 11) is -4.64. The van der Waals surface area contributed by atoms with Gasteiger partial charge in [-0.15, -0.1) is 6.58 Å². The number of phosphoric acid groups is 1. The van der Waals surface area contributed by atoms with E-state index in [-0.39, 0.29) is 0 Å². The Labute approximate surface area is 59.4 Å². The maximum absolute atomic E-state index is 8.88. The van der Waals surface area contributed by atoms with Gasteiger partial charge in [-0.1, -0.05) is 6.08 Å². The summed E-state index contributed by atoms with van der Waals surface area (Å²) in [5, 5.41) is 0. The molecule has 0 saturated heterocycles. The summed E-state index contributed by atoms with van der Waals surface area (Å²) < 4.78 is 8.88. The van der Waals surface area contributed by atoms with Crippen LogP contribution in [0.4, 0.5) is 0 Å². The zero-order chi connectivity index (χ0) is 8.62. The minimum absolute atomic E-state index is 0.726. The standard InChI is InChI=1S/C4H9N.H3O4P/c1-2-3-4-5;1-5(2,3)4/h2H,1,3-5H2;(H3,1,2,3,4). The molecule has 5 N–H and O–H groups in total. The first-order valence-electron chi connectivity index (χ1n) is 2.51. The monoisotopic (exact) mass is 169 g/mol. The minimum atomic E-state index is -4.64. The maximum atomic E-state index is 8.88. The van der Waals surface area contributed by atoms with Crippen molar-refractivity contribution in [1.29, 1.82) is 0 Å². The lowest BCUT2D eigenvalue weighted by molar-refractivity contribution is 0.275. The Morgan fingerprint density at radius 1 is 1.50 bits per heavy atom. The molecule has 0 unspecified atom stereocenters. The van der Waals surface area contributed by atoms with Gasteiger partial charge in [0, 0.05) is 0 Å². The average molecular weight is 169 g/mol. The SMILES string of the molecule is C=CCCN.O=P(O)(O)O. The Kier molecular flexibility index (Phi) is 8.64. The van der Waals surface area contributed by atoms with E-state index >= 15 is 0 Å². The van der Waals surface area contributed by atoms with E-state index in [2.05, 4.69) is 6.58 Å². The highest BCUT2D eigenvalue weighted by molar-refractivity contribution is 7.45. The summed E-state index contributed by atoms with van der Waals surface area (Å²) in [6.07, 6.45) is 2.74. The Hall–Kier alpha value is -0.190. The third-order valence-corrected chi connectivity index (χ3v) is 0.371. The first-order valence-corrected chi connectivity index (χ1v) is 4.07. The van der Waals surface area contributed by atoms with Gasteiger partial charge < -0.3 is 20.4 Å². The third-order valence-electron chi connectivity index (χ3n) is 0.371. The number of rotatable bonds is 2. The van der Waals surface area contributed by atoms with Gasteiger partial charge in [-0.05, 0) is 13.0 Å². The molecular formula is C4H12NO4P. The van der Waals surface area contributed by atoms with Crippen LogP contribution in [0.1, 0.15) is 6.42 Å². The van der Waals surface area contributed by atoms with Crippen molar-refractivity contribution in [2.45, 2.75) is 6.42 Å². The van der Waals surface area contributed by atoms with Gasteiger partial charge in [0.15, 0.2) is 0 Å². The smallest absolute Gasteiger partial charge is 0.330 e. The number of nitrogens with two attached hydrogens (primary N) is 1. The highest BCUT2D eigenvalue weighted by Crippen LogP contribution is 2.25. The van der Waals surface area contributed by atoms with Crippen molar-refractivity contribution in [3.05, 3.63) is 12.7 Å². The van der Waals surface area contributed by atoms with Gasteiger partial charge in [0.25, 0.3) is 0 Å². The summed E-state index contributed by atoms with van der Waals surface area (Å²) in [5.41, 5.74) is 5.07. The lowest BCUT2D eigenvalue weighted by Gasteiger charge is -1.82. The predicted molar refractivity (Wildman–Crippen MR) is 38.1 cm³/mol. The zero-order valence-electron chi connectivity index (χ0n) is 5.47. The molecule has 0 bridgehead atoms. The first-order chi connectivity index (χ1) is 4.41. The number of hydrogen-bond acceptors (Lipinski definition) is 2. The van der Waals surface area contributed by atoms with Crippen LogP contribution >= 0.6 is 7.82 Å². The molecule has 0 spiro atoms. The molecule has 0 radical (unpaired) electrons. The van der Waals surface area contributed by atoms with E-state index in [1.54, 1.807) is 6.08 Å². The van der Waals surface area contributed by atoms with Crippen LogP contribution < -0.4 is 5.73 Å². The number of hydrogen-bond donors (Lipinski definition) is 4. The molecule has 0 aromatic heterocycles. The average Bonchev–Trinajstić information content (AvgIpc) is 1.63. The van der Waals surface area contributed by atoms with Crippen molar-refractivity contribution >= 4 is 7.82 Å². The largest absolute Gasteiger partial charge is 0.466 e. The molecule has 0 amide bonds. The summed E-state index contributed by atoms with van der Waals surface area (Å²) in [6.45, 7) is 4.20. The van der Waals surface area contributed by atoms with E-state index < -0.39 is 7.82 Å². The molecule has 62 valence electrons. The zero-order valence-corrected chi connectivity index (χ0v) is 6.37. The van der Waals surface area contributed by atoms with Crippen LogP contribution in [0.25, 0.3) is 0 Å². The molecule has 0 aliphatic heterocycles. The lowest BCUT2D eigenvalue weighted by atomic mass is 10.4. The van der Waals surface area contributed by atoms with Crippen molar-refractivity contribution in [3.8, 4) is 0 Å². The second-order valence-corrected chi connectivity index (χ2v) is 2.41. The van der Waals surface area contributed by atoms with E-state index in [1.165, 1.54) is 0 Å². The van der Waals surface area contributed by atoms with Crippen LogP contribution in [-0.2, 0) is 4.57 Å². The van der Waals surface area contributed by atoms with E-state index in [1.807, 2.05) is 0 Å². The summed E-state index contributed by atoms with van der Waals surface area (Å²) in [4.78, 5) is 21.6. The first kappa shape index (κ1) is 12.5. The topological polar surface area (TPSA) is 104 Å². The van der Waals surface area contributed by atoms with E-state index in [0.29, 0.717) is 0 Å². The van der Waals surface area contributed by atoms with E-state index in [9.17, 15) is 0 Å². The molecule has 5 nitrogen and oxygen atoms in total. The summed E-state index contributed by atoms with van der Waals surface area (Å²) >= 11 is 0. The Morgan fingerprint density at radius 3 is 1.80 bits per heavy atom. The van der Waals surface area contributed by atoms with Crippen LogP contribution in [0.2, 0.25) is 0 Å². The molecule has 0 saturated carbocycles. The van der Waals surface area contributed by atoms with Gasteiger partial charge >= 0.3 is 7.82 Å². The minimum Gasteiger partial charge on any atom is -0.330 e. The van der Waals surface area contributed by atoms with Crippen molar-refractivity contribution < 1.29 is 19.2 Å². The van der Waals surface area contributed by atoms with Crippen LogP contribution in [0.5, 0.6) is 0 Å². The van der Waals surface area contributed by atoms with Gasteiger partial charge in [-0.2, -0.15) is 0 Å².